The molecule has 0 radical (unpaired) electrons. The Balaban J connectivity index is 1.95. The molecule has 0 aromatic heterocycles. The summed E-state index contributed by atoms with van der Waals surface area (Å²) in [6.45, 7) is 1.89. The largest absolute Gasteiger partial charge is 0.315 e. The van der Waals surface area contributed by atoms with Crippen LogP contribution in [0.2, 0.25) is 0 Å². The molecule has 0 aliphatic carbocycles. The number of sulfonamides is 1. The summed E-state index contributed by atoms with van der Waals surface area (Å²) in [6, 6.07) is 10.1. The molecular formula is C16H15BrN2O3S. The summed E-state index contributed by atoms with van der Waals surface area (Å²) in [5.41, 5.74) is 2.92. The van der Waals surface area contributed by atoms with Crippen molar-refractivity contribution in [2.75, 3.05) is 16.7 Å². The van der Waals surface area contributed by atoms with Gasteiger partial charge in [0.05, 0.1) is 17.0 Å². The highest BCUT2D eigenvalue weighted by Crippen LogP contribution is 2.30. The van der Waals surface area contributed by atoms with E-state index in [1.807, 2.05) is 13.0 Å². The molecule has 0 unspecified atom stereocenters. The molecular weight excluding hydrogens is 380 g/mol. The van der Waals surface area contributed by atoms with Crippen LogP contribution in [0.25, 0.3) is 0 Å². The molecule has 1 amide bonds. The third-order valence-corrected chi connectivity index (χ3v) is 5.57. The predicted octanol–water partition coefficient (Wildman–Crippen LogP) is 3.08. The van der Waals surface area contributed by atoms with Gasteiger partial charge in [-0.1, -0.05) is 15.9 Å². The number of benzene rings is 2. The van der Waals surface area contributed by atoms with Gasteiger partial charge in [0.2, 0.25) is 5.91 Å². The number of carbonyl (C=O) groups is 1. The lowest BCUT2D eigenvalue weighted by Gasteiger charge is -2.12. The van der Waals surface area contributed by atoms with Crippen LogP contribution in [0.4, 0.5) is 11.4 Å². The molecule has 3 rings (SSSR count). The first kappa shape index (κ1) is 16.0. The molecule has 2 aromatic carbocycles. The Kier molecular flexibility index (Phi) is 3.93. The first-order chi connectivity index (χ1) is 10.8. The average molecular weight is 395 g/mol. The molecule has 1 heterocycles. The second-order valence-corrected chi connectivity index (χ2v) is 8.14. The van der Waals surface area contributed by atoms with E-state index >= 15 is 0 Å². The maximum atomic E-state index is 12.6. The van der Waals surface area contributed by atoms with Crippen LogP contribution in [-0.4, -0.2) is 21.4 Å². The van der Waals surface area contributed by atoms with E-state index in [2.05, 4.69) is 20.7 Å². The van der Waals surface area contributed by atoms with Gasteiger partial charge in [0.1, 0.15) is 0 Å². The van der Waals surface area contributed by atoms with E-state index in [4.69, 9.17) is 0 Å². The van der Waals surface area contributed by atoms with Gasteiger partial charge in [0, 0.05) is 17.2 Å². The average Bonchev–Trinajstić information content (AvgIpc) is 2.72. The molecule has 1 N–H and O–H groups in total. The van der Waals surface area contributed by atoms with E-state index in [-0.39, 0.29) is 17.2 Å². The smallest absolute Gasteiger partial charge is 0.261 e. The SMILES string of the molecule is Cc1cc(Br)cc(NS(=O)(=O)c2ccc3c(c2)CC(=O)N3C)c1. The van der Waals surface area contributed by atoms with Gasteiger partial charge < -0.3 is 4.90 Å². The number of likely N-dealkylation sites (N-methyl/N-ethyl adjacent to an activating group) is 1. The zero-order chi connectivity index (χ0) is 16.8. The normalized spacial score (nSPS) is 14.0. The summed E-state index contributed by atoms with van der Waals surface area (Å²) in [4.78, 5) is 13.4. The monoisotopic (exact) mass is 394 g/mol. The minimum absolute atomic E-state index is 0.0369. The number of nitrogens with zero attached hydrogens (tertiary/aromatic N) is 1. The highest BCUT2D eigenvalue weighted by molar-refractivity contribution is 9.10. The zero-order valence-electron chi connectivity index (χ0n) is 12.6. The number of hydrogen-bond donors (Lipinski definition) is 1. The van der Waals surface area contributed by atoms with Crippen molar-refractivity contribution in [1.29, 1.82) is 0 Å². The molecule has 0 saturated heterocycles. The first-order valence-electron chi connectivity index (χ1n) is 6.96. The second kappa shape index (κ2) is 5.65. The molecule has 7 heteroatoms. The number of halogens is 1. The Morgan fingerprint density at radius 3 is 2.61 bits per heavy atom. The van der Waals surface area contributed by atoms with Gasteiger partial charge in [-0.05, 0) is 54.4 Å². The first-order valence-corrected chi connectivity index (χ1v) is 9.23. The molecule has 23 heavy (non-hydrogen) atoms. The summed E-state index contributed by atoms with van der Waals surface area (Å²) in [7, 11) is -2.02. The summed E-state index contributed by atoms with van der Waals surface area (Å²) in [5.74, 6) is -0.0369. The molecule has 1 aliphatic rings. The van der Waals surface area contributed by atoms with E-state index in [9.17, 15) is 13.2 Å². The molecule has 0 bridgehead atoms. The van der Waals surface area contributed by atoms with Crippen LogP contribution in [0.5, 0.6) is 0 Å². The van der Waals surface area contributed by atoms with Crippen molar-refractivity contribution in [3.05, 3.63) is 52.0 Å². The summed E-state index contributed by atoms with van der Waals surface area (Å²) < 4.78 is 28.5. The van der Waals surface area contributed by atoms with Crippen LogP contribution in [0, 0.1) is 6.92 Å². The molecule has 1 aliphatic heterocycles. The van der Waals surface area contributed by atoms with Gasteiger partial charge >= 0.3 is 0 Å². The Morgan fingerprint density at radius 1 is 1.17 bits per heavy atom. The summed E-state index contributed by atoms with van der Waals surface area (Å²) in [5, 5.41) is 0. The minimum atomic E-state index is -3.70. The number of aryl methyl sites for hydroxylation is 1. The number of fused-ring (bicyclic) bond motifs is 1. The molecule has 120 valence electrons. The number of hydrogen-bond acceptors (Lipinski definition) is 3. The van der Waals surface area contributed by atoms with Gasteiger partial charge in [-0.3, -0.25) is 9.52 Å². The quantitative estimate of drug-likeness (QED) is 0.869. The third kappa shape index (κ3) is 3.11. The van der Waals surface area contributed by atoms with E-state index in [0.29, 0.717) is 5.69 Å². The van der Waals surface area contributed by atoms with Crippen molar-refractivity contribution in [1.82, 2.24) is 0 Å². The van der Waals surface area contributed by atoms with Crippen molar-refractivity contribution in [3.63, 3.8) is 0 Å². The van der Waals surface area contributed by atoms with Crippen molar-refractivity contribution < 1.29 is 13.2 Å². The molecule has 2 aromatic rings. The summed E-state index contributed by atoms with van der Waals surface area (Å²) >= 11 is 3.35. The van der Waals surface area contributed by atoms with Gasteiger partial charge in [-0.25, -0.2) is 8.42 Å². The van der Waals surface area contributed by atoms with Crippen LogP contribution in [0.3, 0.4) is 0 Å². The highest BCUT2D eigenvalue weighted by atomic mass is 79.9. The standard InChI is InChI=1S/C16H15BrN2O3S/c1-10-5-12(17)9-13(6-10)18-23(21,22)14-3-4-15-11(7-14)8-16(20)19(15)2/h3-7,9,18H,8H2,1-2H3. The Hall–Kier alpha value is -1.86. The van der Waals surface area contributed by atoms with Gasteiger partial charge in [-0.2, -0.15) is 0 Å². The van der Waals surface area contributed by atoms with Crippen LogP contribution in [0.15, 0.2) is 45.8 Å². The highest BCUT2D eigenvalue weighted by Gasteiger charge is 2.26. The van der Waals surface area contributed by atoms with Crippen molar-refractivity contribution in [2.24, 2.45) is 0 Å². The Morgan fingerprint density at radius 2 is 1.91 bits per heavy atom. The third-order valence-electron chi connectivity index (χ3n) is 3.73. The van der Waals surface area contributed by atoms with Gasteiger partial charge in [0.25, 0.3) is 10.0 Å². The van der Waals surface area contributed by atoms with E-state index in [1.165, 1.54) is 11.0 Å². The summed E-state index contributed by atoms with van der Waals surface area (Å²) in [6.07, 6.45) is 0.227. The second-order valence-electron chi connectivity index (χ2n) is 5.54. The number of rotatable bonds is 3. The van der Waals surface area contributed by atoms with Crippen LogP contribution < -0.4 is 9.62 Å². The molecule has 0 saturated carbocycles. The van der Waals surface area contributed by atoms with E-state index < -0.39 is 10.0 Å². The fourth-order valence-electron chi connectivity index (χ4n) is 2.62. The number of nitrogens with one attached hydrogen (secondary N) is 1. The Labute approximate surface area is 143 Å². The van der Waals surface area contributed by atoms with Crippen LogP contribution in [0.1, 0.15) is 11.1 Å². The fraction of sp³-hybridized carbons (Fsp3) is 0.188. The molecule has 0 spiro atoms. The fourth-order valence-corrected chi connectivity index (χ4v) is 4.32. The van der Waals surface area contributed by atoms with Crippen molar-refractivity contribution in [2.45, 2.75) is 18.2 Å². The molecule has 0 fully saturated rings. The van der Waals surface area contributed by atoms with Crippen molar-refractivity contribution in [3.8, 4) is 0 Å². The lowest BCUT2D eigenvalue weighted by Crippen LogP contribution is -2.20. The van der Waals surface area contributed by atoms with Gasteiger partial charge in [0.15, 0.2) is 0 Å². The van der Waals surface area contributed by atoms with Gasteiger partial charge in [-0.15, -0.1) is 0 Å². The lowest BCUT2D eigenvalue weighted by molar-refractivity contribution is -0.117. The number of anilines is 2. The van der Waals surface area contributed by atoms with Crippen LogP contribution in [-0.2, 0) is 21.2 Å². The maximum absolute atomic E-state index is 12.6. The topological polar surface area (TPSA) is 66.5 Å². The predicted molar refractivity (Wildman–Crippen MR) is 93.2 cm³/mol. The number of carbonyl (C=O) groups excluding carboxylic acids is 1. The minimum Gasteiger partial charge on any atom is -0.315 e. The maximum Gasteiger partial charge on any atom is 0.261 e. The van der Waals surface area contributed by atoms with Crippen LogP contribution >= 0.6 is 15.9 Å². The lowest BCUT2D eigenvalue weighted by atomic mass is 10.2. The molecule has 0 atom stereocenters. The Bertz CT molecular complexity index is 889. The number of amides is 1. The van der Waals surface area contributed by atoms with Crippen molar-refractivity contribution >= 4 is 43.2 Å². The zero-order valence-corrected chi connectivity index (χ0v) is 15.0. The molecule has 5 nitrogen and oxygen atoms in total. The van der Waals surface area contributed by atoms with E-state index in [0.717, 1.165) is 21.3 Å². The van der Waals surface area contributed by atoms with E-state index in [1.54, 1.807) is 31.3 Å².